The number of benzene rings is 3. The van der Waals surface area contributed by atoms with Gasteiger partial charge in [-0.2, -0.15) is 0 Å². The van der Waals surface area contributed by atoms with Crippen molar-refractivity contribution < 1.29 is 18.0 Å². The zero-order chi connectivity index (χ0) is 31.7. The number of hydrogen-bond donors (Lipinski definition) is 1. The molecule has 3 aromatic carbocycles. The zero-order valence-corrected chi connectivity index (χ0v) is 27.4. The first-order chi connectivity index (χ1) is 21.0. The molecular formula is C36H47N3O4S. The Balaban J connectivity index is 1.59. The summed E-state index contributed by atoms with van der Waals surface area (Å²) in [5.74, 6) is -0.298. The van der Waals surface area contributed by atoms with Crippen LogP contribution in [0.4, 0.5) is 5.69 Å². The fraction of sp³-hybridized carbons (Fsp3) is 0.444. The van der Waals surface area contributed by atoms with Crippen molar-refractivity contribution in [3.63, 3.8) is 0 Å². The Bertz CT molecular complexity index is 1480. The van der Waals surface area contributed by atoms with Crippen molar-refractivity contribution in [2.45, 2.75) is 90.8 Å². The molecule has 44 heavy (non-hydrogen) atoms. The van der Waals surface area contributed by atoms with Crippen LogP contribution in [0.3, 0.4) is 0 Å². The lowest BCUT2D eigenvalue weighted by molar-refractivity contribution is -0.141. The summed E-state index contributed by atoms with van der Waals surface area (Å²) < 4.78 is 27.0. The van der Waals surface area contributed by atoms with Gasteiger partial charge >= 0.3 is 0 Å². The van der Waals surface area contributed by atoms with Gasteiger partial charge in [0.2, 0.25) is 21.8 Å². The van der Waals surface area contributed by atoms with Crippen molar-refractivity contribution in [2.24, 2.45) is 0 Å². The van der Waals surface area contributed by atoms with E-state index in [0.29, 0.717) is 25.1 Å². The lowest BCUT2D eigenvalue weighted by Crippen LogP contribution is -2.52. The van der Waals surface area contributed by atoms with E-state index in [1.165, 1.54) is 17.0 Å². The second-order valence-electron chi connectivity index (χ2n) is 12.3. The first-order valence-corrected chi connectivity index (χ1v) is 17.6. The second kappa shape index (κ2) is 15.4. The quantitative estimate of drug-likeness (QED) is 0.246. The molecule has 4 rings (SSSR count). The van der Waals surface area contributed by atoms with Gasteiger partial charge in [0.1, 0.15) is 6.04 Å². The predicted molar refractivity (Wildman–Crippen MR) is 178 cm³/mol. The average molecular weight is 618 g/mol. The Morgan fingerprint density at radius 3 is 2.09 bits per heavy atom. The maximum Gasteiger partial charge on any atom is 0.243 e. The third-order valence-corrected chi connectivity index (χ3v) is 9.54. The van der Waals surface area contributed by atoms with E-state index in [1.54, 1.807) is 4.90 Å². The van der Waals surface area contributed by atoms with Gasteiger partial charge in [0, 0.05) is 32.0 Å². The molecule has 0 saturated heterocycles. The largest absolute Gasteiger partial charge is 0.352 e. The standard InChI is InChI=1S/C36H47N3O4S/c1-27-17-19-31(20-18-27)26-38(34(25-30-12-7-5-8-13-30)36(41)37-32-14-9-6-10-15-32)35(40)16-11-21-39(44(4,42)43)33-23-28(2)22-29(3)24-33/h5,7-8,12-13,17-20,22-24,32,34H,6,9-11,14-16,21,25-26H2,1-4H3,(H,37,41)/t34-/m0/s1. The summed E-state index contributed by atoms with van der Waals surface area (Å²) in [7, 11) is -3.56. The predicted octanol–water partition coefficient (Wildman–Crippen LogP) is 6.25. The van der Waals surface area contributed by atoms with Gasteiger partial charge in [0.25, 0.3) is 0 Å². The normalized spacial score (nSPS) is 14.5. The fourth-order valence-corrected chi connectivity index (χ4v) is 7.04. The van der Waals surface area contributed by atoms with Crippen LogP contribution in [-0.4, -0.2) is 50.0 Å². The Labute approximate surface area is 263 Å². The van der Waals surface area contributed by atoms with E-state index in [9.17, 15) is 18.0 Å². The lowest BCUT2D eigenvalue weighted by atomic mass is 9.94. The molecule has 0 bridgehead atoms. The summed E-state index contributed by atoms with van der Waals surface area (Å²) in [5.41, 5.74) is 5.59. The van der Waals surface area contributed by atoms with Crippen molar-refractivity contribution in [2.75, 3.05) is 17.1 Å². The van der Waals surface area contributed by atoms with Crippen LogP contribution in [0.5, 0.6) is 0 Å². The number of amides is 2. The fourth-order valence-electron chi connectivity index (χ4n) is 6.09. The molecule has 1 aliphatic rings. The molecule has 0 spiro atoms. The number of carbonyl (C=O) groups excluding carboxylic acids is 2. The maximum absolute atomic E-state index is 14.1. The van der Waals surface area contributed by atoms with Crippen LogP contribution in [0.25, 0.3) is 0 Å². The van der Waals surface area contributed by atoms with Crippen LogP contribution in [0.1, 0.15) is 72.8 Å². The minimum atomic E-state index is -3.56. The monoisotopic (exact) mass is 617 g/mol. The van der Waals surface area contributed by atoms with Crippen LogP contribution in [-0.2, 0) is 32.6 Å². The smallest absolute Gasteiger partial charge is 0.243 e. The van der Waals surface area contributed by atoms with E-state index in [4.69, 9.17) is 0 Å². The first-order valence-electron chi connectivity index (χ1n) is 15.7. The van der Waals surface area contributed by atoms with Crippen molar-refractivity contribution in [1.29, 1.82) is 0 Å². The van der Waals surface area contributed by atoms with Crippen LogP contribution in [0.15, 0.2) is 72.8 Å². The van der Waals surface area contributed by atoms with Gasteiger partial charge in [-0.3, -0.25) is 13.9 Å². The number of nitrogens with zero attached hydrogens (tertiary/aromatic N) is 2. The Morgan fingerprint density at radius 1 is 0.841 bits per heavy atom. The van der Waals surface area contributed by atoms with Gasteiger partial charge in [0.15, 0.2) is 0 Å². The highest BCUT2D eigenvalue weighted by molar-refractivity contribution is 7.92. The van der Waals surface area contributed by atoms with Gasteiger partial charge in [-0.25, -0.2) is 8.42 Å². The molecule has 0 radical (unpaired) electrons. The van der Waals surface area contributed by atoms with E-state index < -0.39 is 16.1 Å². The molecule has 3 aromatic rings. The molecule has 1 aliphatic carbocycles. The first kappa shape index (κ1) is 33.2. The Morgan fingerprint density at radius 2 is 1.48 bits per heavy atom. The summed E-state index contributed by atoms with van der Waals surface area (Å²) in [4.78, 5) is 29.8. The molecule has 1 fully saturated rings. The van der Waals surface area contributed by atoms with Crippen molar-refractivity contribution in [1.82, 2.24) is 10.2 Å². The molecule has 1 atom stereocenters. The van der Waals surface area contributed by atoms with E-state index in [0.717, 1.165) is 53.5 Å². The zero-order valence-electron chi connectivity index (χ0n) is 26.6. The number of carbonyl (C=O) groups is 2. The van der Waals surface area contributed by atoms with Gasteiger partial charge in [-0.15, -0.1) is 0 Å². The van der Waals surface area contributed by atoms with Gasteiger partial charge in [-0.05, 0) is 74.4 Å². The SMILES string of the molecule is Cc1ccc(CN(C(=O)CCCN(c2cc(C)cc(C)c2)S(C)(=O)=O)[C@@H](Cc2ccccc2)C(=O)NC2CCCCC2)cc1. The summed E-state index contributed by atoms with van der Waals surface area (Å²) in [6, 6.07) is 23.0. The van der Waals surface area contributed by atoms with E-state index in [1.807, 2.05) is 93.6 Å². The Hall–Kier alpha value is -3.65. The average Bonchev–Trinajstić information content (AvgIpc) is 2.98. The molecule has 1 saturated carbocycles. The number of nitrogens with one attached hydrogen (secondary N) is 1. The molecule has 7 nitrogen and oxygen atoms in total. The number of anilines is 1. The van der Waals surface area contributed by atoms with Crippen molar-refractivity contribution >= 4 is 27.5 Å². The summed E-state index contributed by atoms with van der Waals surface area (Å²) >= 11 is 0. The molecule has 0 heterocycles. The number of hydrogen-bond acceptors (Lipinski definition) is 4. The highest BCUT2D eigenvalue weighted by Crippen LogP contribution is 2.24. The molecule has 0 unspecified atom stereocenters. The number of aryl methyl sites for hydroxylation is 3. The summed E-state index contributed by atoms with van der Waals surface area (Å²) in [6.45, 7) is 6.36. The third kappa shape index (κ3) is 9.68. The second-order valence-corrected chi connectivity index (χ2v) is 14.2. The van der Waals surface area contributed by atoms with Gasteiger partial charge in [-0.1, -0.05) is 85.5 Å². The van der Waals surface area contributed by atoms with Gasteiger partial charge < -0.3 is 10.2 Å². The minimum Gasteiger partial charge on any atom is -0.352 e. The van der Waals surface area contributed by atoms with E-state index in [2.05, 4.69) is 5.32 Å². The number of sulfonamides is 1. The molecule has 236 valence electrons. The molecular weight excluding hydrogens is 570 g/mol. The summed E-state index contributed by atoms with van der Waals surface area (Å²) in [6.07, 6.45) is 7.32. The third-order valence-electron chi connectivity index (χ3n) is 8.34. The molecule has 0 aromatic heterocycles. The van der Waals surface area contributed by atoms with Crippen molar-refractivity contribution in [3.05, 3.63) is 101 Å². The van der Waals surface area contributed by atoms with Crippen molar-refractivity contribution in [3.8, 4) is 0 Å². The molecule has 8 heteroatoms. The van der Waals surface area contributed by atoms with Crippen LogP contribution >= 0.6 is 0 Å². The number of rotatable bonds is 13. The summed E-state index contributed by atoms with van der Waals surface area (Å²) in [5, 5.41) is 3.28. The highest BCUT2D eigenvalue weighted by Gasteiger charge is 2.32. The van der Waals surface area contributed by atoms with E-state index in [-0.39, 0.29) is 30.8 Å². The van der Waals surface area contributed by atoms with Crippen LogP contribution in [0, 0.1) is 20.8 Å². The molecule has 0 aliphatic heterocycles. The van der Waals surface area contributed by atoms with E-state index >= 15 is 0 Å². The molecule has 2 amide bonds. The maximum atomic E-state index is 14.1. The minimum absolute atomic E-state index is 0.116. The molecule has 1 N–H and O–H groups in total. The topological polar surface area (TPSA) is 86.8 Å². The van der Waals surface area contributed by atoms with Gasteiger partial charge in [0.05, 0.1) is 11.9 Å². The van der Waals surface area contributed by atoms with Crippen LogP contribution in [0.2, 0.25) is 0 Å². The lowest BCUT2D eigenvalue weighted by Gasteiger charge is -2.34. The highest BCUT2D eigenvalue weighted by atomic mass is 32.2. The van der Waals surface area contributed by atoms with Crippen LogP contribution < -0.4 is 9.62 Å². The Kier molecular flexibility index (Phi) is 11.6.